The molecule has 2 N–H and O–H groups in total. The van der Waals surface area contributed by atoms with Gasteiger partial charge < -0.3 is 10.4 Å². The molecule has 1 saturated carbocycles. The topological polar surface area (TPSA) is 66.4 Å². The van der Waals surface area contributed by atoms with Crippen molar-refractivity contribution in [2.75, 3.05) is 6.26 Å². The van der Waals surface area contributed by atoms with Gasteiger partial charge >= 0.3 is 0 Å². The standard InChI is InChI=1S/C15H22FNO3S/c1-21(19,20)15-5-3-2-4-14(15)17-9-11-6-7-13(16)12(8-11)10-18/h6-8,14-15,17-18H,2-5,9-10H2,1H3. The molecule has 1 aromatic carbocycles. The summed E-state index contributed by atoms with van der Waals surface area (Å²) in [6.45, 7) is 0.138. The fourth-order valence-corrected chi connectivity index (χ4v) is 4.37. The van der Waals surface area contributed by atoms with E-state index in [0.29, 0.717) is 13.0 Å². The van der Waals surface area contributed by atoms with Crippen molar-refractivity contribution in [2.24, 2.45) is 0 Å². The molecule has 2 atom stereocenters. The Labute approximate surface area is 125 Å². The van der Waals surface area contributed by atoms with E-state index in [4.69, 9.17) is 5.11 Å². The van der Waals surface area contributed by atoms with Gasteiger partial charge in [0.05, 0.1) is 11.9 Å². The van der Waals surface area contributed by atoms with Crippen LogP contribution in [0.1, 0.15) is 36.8 Å². The molecule has 118 valence electrons. The van der Waals surface area contributed by atoms with Crippen molar-refractivity contribution in [1.29, 1.82) is 0 Å². The summed E-state index contributed by atoms with van der Waals surface area (Å²) in [5.74, 6) is -0.423. The molecule has 1 aliphatic carbocycles. The molecule has 1 aliphatic rings. The van der Waals surface area contributed by atoms with Gasteiger partial charge in [0.15, 0.2) is 9.84 Å². The Morgan fingerprint density at radius 2 is 2.05 bits per heavy atom. The summed E-state index contributed by atoms with van der Waals surface area (Å²) in [7, 11) is -3.06. The average Bonchev–Trinajstić information content (AvgIpc) is 2.45. The van der Waals surface area contributed by atoms with Gasteiger partial charge in [0.2, 0.25) is 0 Å². The van der Waals surface area contributed by atoms with Crippen LogP contribution in [0.15, 0.2) is 18.2 Å². The van der Waals surface area contributed by atoms with Crippen molar-refractivity contribution < 1.29 is 17.9 Å². The predicted molar refractivity (Wildman–Crippen MR) is 80.1 cm³/mol. The zero-order valence-corrected chi connectivity index (χ0v) is 13.0. The van der Waals surface area contributed by atoms with Gasteiger partial charge in [-0.15, -0.1) is 0 Å². The van der Waals surface area contributed by atoms with E-state index in [0.717, 1.165) is 24.8 Å². The van der Waals surface area contributed by atoms with Crippen molar-refractivity contribution in [2.45, 2.75) is 50.1 Å². The van der Waals surface area contributed by atoms with E-state index in [-0.39, 0.29) is 23.5 Å². The van der Waals surface area contributed by atoms with Crippen LogP contribution in [0.3, 0.4) is 0 Å². The number of halogens is 1. The summed E-state index contributed by atoms with van der Waals surface area (Å²) in [5, 5.41) is 12.0. The van der Waals surface area contributed by atoms with Crippen LogP contribution in [0.5, 0.6) is 0 Å². The first kappa shape index (κ1) is 16.4. The Bertz CT molecular complexity index is 589. The number of benzene rings is 1. The summed E-state index contributed by atoms with van der Waals surface area (Å²) in [4.78, 5) is 0. The summed E-state index contributed by atoms with van der Waals surface area (Å²) in [6.07, 6.45) is 4.79. The number of hydrogen-bond acceptors (Lipinski definition) is 4. The van der Waals surface area contributed by atoms with Crippen LogP contribution in [0.2, 0.25) is 0 Å². The van der Waals surface area contributed by atoms with E-state index in [1.165, 1.54) is 12.3 Å². The molecule has 2 rings (SSSR count). The van der Waals surface area contributed by atoms with Crippen LogP contribution in [0, 0.1) is 5.82 Å². The molecule has 0 bridgehead atoms. The van der Waals surface area contributed by atoms with E-state index < -0.39 is 15.7 Å². The molecule has 0 aromatic heterocycles. The molecule has 2 unspecified atom stereocenters. The Balaban J connectivity index is 2.04. The van der Waals surface area contributed by atoms with E-state index in [2.05, 4.69) is 5.32 Å². The lowest BCUT2D eigenvalue weighted by atomic mass is 9.94. The second kappa shape index (κ2) is 6.85. The highest BCUT2D eigenvalue weighted by Gasteiger charge is 2.32. The SMILES string of the molecule is CS(=O)(=O)C1CCCCC1NCc1ccc(F)c(CO)c1. The van der Waals surface area contributed by atoms with Gasteiger partial charge in [-0.3, -0.25) is 0 Å². The molecule has 0 saturated heterocycles. The van der Waals surface area contributed by atoms with E-state index in [9.17, 15) is 12.8 Å². The molecular formula is C15H22FNO3S. The smallest absolute Gasteiger partial charge is 0.151 e. The maximum Gasteiger partial charge on any atom is 0.151 e. The van der Waals surface area contributed by atoms with Crippen LogP contribution in [0.4, 0.5) is 4.39 Å². The van der Waals surface area contributed by atoms with Gasteiger partial charge in [-0.25, -0.2) is 12.8 Å². The zero-order chi connectivity index (χ0) is 15.5. The fraction of sp³-hybridized carbons (Fsp3) is 0.600. The minimum absolute atomic E-state index is 0.0589. The first-order chi connectivity index (χ1) is 9.91. The average molecular weight is 315 g/mol. The molecular weight excluding hydrogens is 293 g/mol. The highest BCUT2D eigenvalue weighted by atomic mass is 32.2. The maximum absolute atomic E-state index is 13.3. The quantitative estimate of drug-likeness (QED) is 0.869. The van der Waals surface area contributed by atoms with Crippen LogP contribution in [-0.4, -0.2) is 31.1 Å². The second-order valence-corrected chi connectivity index (χ2v) is 7.99. The normalized spacial score (nSPS) is 23.2. The third-order valence-electron chi connectivity index (χ3n) is 4.10. The molecule has 0 heterocycles. The monoisotopic (exact) mass is 315 g/mol. The lowest BCUT2D eigenvalue weighted by Gasteiger charge is -2.31. The zero-order valence-electron chi connectivity index (χ0n) is 12.2. The van der Waals surface area contributed by atoms with Gasteiger partial charge in [0.25, 0.3) is 0 Å². The van der Waals surface area contributed by atoms with Crippen molar-refractivity contribution in [1.82, 2.24) is 5.32 Å². The summed E-state index contributed by atoms with van der Waals surface area (Å²) in [5.41, 5.74) is 1.11. The Hall–Kier alpha value is -0.980. The molecule has 21 heavy (non-hydrogen) atoms. The Morgan fingerprint density at radius 3 is 2.71 bits per heavy atom. The molecule has 0 aliphatic heterocycles. The molecule has 0 spiro atoms. The van der Waals surface area contributed by atoms with Crippen molar-refractivity contribution in [3.63, 3.8) is 0 Å². The fourth-order valence-electron chi connectivity index (χ4n) is 2.95. The summed E-state index contributed by atoms with van der Waals surface area (Å²) < 4.78 is 37.0. The van der Waals surface area contributed by atoms with Gasteiger partial charge in [-0.2, -0.15) is 0 Å². The minimum atomic E-state index is -3.06. The molecule has 0 radical (unpaired) electrons. The first-order valence-electron chi connectivity index (χ1n) is 7.22. The van der Waals surface area contributed by atoms with Gasteiger partial charge in [0.1, 0.15) is 5.82 Å². The lowest BCUT2D eigenvalue weighted by molar-refractivity contribution is 0.275. The number of aliphatic hydroxyl groups excluding tert-OH is 1. The lowest BCUT2D eigenvalue weighted by Crippen LogP contribution is -2.45. The van der Waals surface area contributed by atoms with Gasteiger partial charge in [-0.1, -0.05) is 18.9 Å². The van der Waals surface area contributed by atoms with E-state index in [1.807, 2.05) is 0 Å². The molecule has 1 aromatic rings. The number of rotatable bonds is 5. The first-order valence-corrected chi connectivity index (χ1v) is 9.17. The minimum Gasteiger partial charge on any atom is -0.392 e. The molecule has 4 nitrogen and oxygen atoms in total. The Kier molecular flexibility index (Phi) is 5.35. The summed E-state index contributed by atoms with van der Waals surface area (Å²) in [6, 6.07) is 4.54. The molecule has 0 amide bonds. The van der Waals surface area contributed by atoms with Crippen LogP contribution in [-0.2, 0) is 23.0 Å². The predicted octanol–water partition coefficient (Wildman–Crippen LogP) is 1.76. The maximum atomic E-state index is 13.3. The van der Waals surface area contributed by atoms with E-state index >= 15 is 0 Å². The van der Waals surface area contributed by atoms with Crippen molar-refractivity contribution in [3.05, 3.63) is 35.1 Å². The molecule has 1 fully saturated rings. The van der Waals surface area contributed by atoms with Gasteiger partial charge in [0, 0.05) is 24.4 Å². The molecule has 6 heteroatoms. The summed E-state index contributed by atoms with van der Waals surface area (Å²) >= 11 is 0. The van der Waals surface area contributed by atoms with Gasteiger partial charge in [-0.05, 0) is 30.5 Å². The van der Waals surface area contributed by atoms with Crippen LogP contribution in [0.25, 0.3) is 0 Å². The Morgan fingerprint density at radius 1 is 1.33 bits per heavy atom. The number of sulfone groups is 1. The van der Waals surface area contributed by atoms with Crippen LogP contribution < -0.4 is 5.32 Å². The van der Waals surface area contributed by atoms with Crippen molar-refractivity contribution >= 4 is 9.84 Å². The number of nitrogens with one attached hydrogen (secondary N) is 1. The third-order valence-corrected chi connectivity index (χ3v) is 5.77. The number of aliphatic hydroxyl groups is 1. The largest absolute Gasteiger partial charge is 0.392 e. The van der Waals surface area contributed by atoms with E-state index in [1.54, 1.807) is 12.1 Å². The highest BCUT2D eigenvalue weighted by Crippen LogP contribution is 2.24. The number of hydrogen-bond donors (Lipinski definition) is 2. The highest BCUT2D eigenvalue weighted by molar-refractivity contribution is 7.91. The van der Waals surface area contributed by atoms with Crippen molar-refractivity contribution in [3.8, 4) is 0 Å². The third kappa shape index (κ3) is 4.25. The van der Waals surface area contributed by atoms with Crippen LogP contribution >= 0.6 is 0 Å². The second-order valence-electron chi connectivity index (χ2n) is 5.72.